The predicted octanol–water partition coefficient (Wildman–Crippen LogP) is 2.67. The molecule has 0 spiro atoms. The lowest BCUT2D eigenvalue weighted by Crippen LogP contribution is -2.45. The van der Waals surface area contributed by atoms with E-state index in [4.69, 9.17) is 15.2 Å². The first-order valence-electron chi connectivity index (χ1n) is 9.13. The zero-order valence-corrected chi connectivity index (χ0v) is 16.0. The number of hydrogen-bond acceptors (Lipinski definition) is 5. The number of nitrogens with two attached hydrogens (primary N) is 1. The maximum atomic E-state index is 12.8. The van der Waals surface area contributed by atoms with Crippen molar-refractivity contribution in [3.63, 3.8) is 0 Å². The second-order valence-electron chi connectivity index (χ2n) is 6.34. The molecule has 0 aliphatic heterocycles. The Hall–Kier alpha value is -1.31. The van der Waals surface area contributed by atoms with E-state index >= 15 is 0 Å². The van der Waals surface area contributed by atoms with Crippen LogP contribution in [0.2, 0.25) is 0 Å². The highest BCUT2D eigenvalue weighted by Gasteiger charge is 2.28. The van der Waals surface area contributed by atoms with Gasteiger partial charge in [-0.1, -0.05) is 19.3 Å². The molecule has 0 saturated heterocycles. The lowest BCUT2D eigenvalue weighted by Gasteiger charge is -2.29. The third-order valence-electron chi connectivity index (χ3n) is 4.60. The highest BCUT2D eigenvalue weighted by atomic mass is 32.2. The molecule has 1 aromatic carbocycles. The second-order valence-corrected chi connectivity index (χ2v) is 8.05. The van der Waals surface area contributed by atoms with Gasteiger partial charge in [-0.3, -0.25) is 0 Å². The lowest BCUT2D eigenvalue weighted by atomic mass is 9.84. The number of benzene rings is 1. The third kappa shape index (κ3) is 5.33. The van der Waals surface area contributed by atoms with Gasteiger partial charge in [0.05, 0.1) is 18.1 Å². The van der Waals surface area contributed by atoms with Gasteiger partial charge in [0.25, 0.3) is 0 Å². The van der Waals surface area contributed by atoms with Crippen molar-refractivity contribution in [2.45, 2.75) is 56.9 Å². The maximum Gasteiger partial charge on any atom is 0.241 e. The summed E-state index contributed by atoms with van der Waals surface area (Å²) in [7, 11) is -3.66. The molecule has 6 nitrogen and oxygen atoms in total. The van der Waals surface area contributed by atoms with Crippen molar-refractivity contribution in [2.24, 2.45) is 11.7 Å². The van der Waals surface area contributed by atoms with E-state index in [0.29, 0.717) is 37.2 Å². The Morgan fingerprint density at radius 1 is 1.12 bits per heavy atom. The summed E-state index contributed by atoms with van der Waals surface area (Å²) >= 11 is 0. The summed E-state index contributed by atoms with van der Waals surface area (Å²) in [5.41, 5.74) is 5.86. The highest BCUT2D eigenvalue weighted by Crippen LogP contribution is 2.31. The average molecular weight is 371 g/mol. The van der Waals surface area contributed by atoms with Gasteiger partial charge in [-0.2, -0.15) is 0 Å². The van der Waals surface area contributed by atoms with Crippen LogP contribution in [-0.4, -0.2) is 34.2 Å². The zero-order valence-electron chi connectivity index (χ0n) is 15.2. The summed E-state index contributed by atoms with van der Waals surface area (Å²) in [4.78, 5) is 0.175. The summed E-state index contributed by atoms with van der Waals surface area (Å²) in [5.74, 6) is 1.29. The maximum absolute atomic E-state index is 12.8. The fraction of sp³-hybridized carbons (Fsp3) is 0.667. The van der Waals surface area contributed by atoms with Crippen molar-refractivity contribution < 1.29 is 17.9 Å². The highest BCUT2D eigenvalue weighted by molar-refractivity contribution is 7.89. The van der Waals surface area contributed by atoms with Crippen molar-refractivity contribution >= 4 is 10.0 Å². The van der Waals surface area contributed by atoms with Crippen molar-refractivity contribution in [1.82, 2.24) is 4.72 Å². The number of ether oxygens (including phenoxy) is 2. The molecule has 2 rings (SSSR count). The summed E-state index contributed by atoms with van der Waals surface area (Å²) in [5, 5.41) is 0. The van der Waals surface area contributed by atoms with Crippen LogP contribution in [0.4, 0.5) is 0 Å². The standard InChI is InChI=1S/C18H30N2O4S/c1-3-23-17-11-10-15(12-18(17)24-4-2)25(21,22)20-16(13-19)14-8-6-5-7-9-14/h10-12,14,16,20H,3-9,13,19H2,1-2H3. The minimum Gasteiger partial charge on any atom is -0.490 e. The Morgan fingerprint density at radius 2 is 1.76 bits per heavy atom. The van der Waals surface area contributed by atoms with Crippen molar-refractivity contribution in [3.05, 3.63) is 18.2 Å². The minimum absolute atomic E-state index is 0.175. The van der Waals surface area contributed by atoms with E-state index in [1.165, 1.54) is 12.5 Å². The summed E-state index contributed by atoms with van der Waals surface area (Å²) in [6.45, 7) is 4.95. The van der Waals surface area contributed by atoms with Crippen LogP contribution >= 0.6 is 0 Å². The van der Waals surface area contributed by atoms with E-state index in [-0.39, 0.29) is 10.9 Å². The van der Waals surface area contributed by atoms with Gasteiger partial charge in [0.15, 0.2) is 11.5 Å². The molecule has 7 heteroatoms. The van der Waals surface area contributed by atoms with Gasteiger partial charge in [0.1, 0.15) is 0 Å². The van der Waals surface area contributed by atoms with Crippen molar-refractivity contribution in [3.8, 4) is 11.5 Å². The van der Waals surface area contributed by atoms with Crippen LogP contribution in [0, 0.1) is 5.92 Å². The first kappa shape index (κ1) is 20.0. The molecule has 1 atom stereocenters. The Bertz CT molecular complexity index is 642. The van der Waals surface area contributed by atoms with E-state index in [9.17, 15) is 8.42 Å². The van der Waals surface area contributed by atoms with E-state index in [0.717, 1.165) is 25.7 Å². The monoisotopic (exact) mass is 370 g/mol. The first-order chi connectivity index (χ1) is 12.0. The fourth-order valence-corrected chi connectivity index (χ4v) is 4.67. The SMILES string of the molecule is CCOc1ccc(S(=O)(=O)NC(CN)C2CCCCC2)cc1OCC. The summed E-state index contributed by atoms with van der Waals surface area (Å²) < 4.78 is 39.4. The van der Waals surface area contributed by atoms with E-state index in [1.807, 2.05) is 13.8 Å². The van der Waals surface area contributed by atoms with Gasteiger partial charge in [-0.25, -0.2) is 13.1 Å². The number of hydrogen-bond donors (Lipinski definition) is 2. The van der Waals surface area contributed by atoms with Gasteiger partial charge in [-0.15, -0.1) is 0 Å². The molecule has 0 aromatic heterocycles. The largest absolute Gasteiger partial charge is 0.490 e. The molecule has 0 amide bonds. The topological polar surface area (TPSA) is 90.7 Å². The third-order valence-corrected chi connectivity index (χ3v) is 6.09. The molecule has 1 aliphatic rings. The molecular formula is C18H30N2O4S. The molecule has 1 aliphatic carbocycles. The van der Waals surface area contributed by atoms with Crippen LogP contribution in [0.5, 0.6) is 11.5 Å². The number of nitrogens with one attached hydrogen (secondary N) is 1. The van der Waals surface area contributed by atoms with Gasteiger partial charge in [0.2, 0.25) is 10.0 Å². The molecule has 1 aromatic rings. The quantitative estimate of drug-likeness (QED) is 0.697. The number of rotatable bonds is 9. The molecule has 1 unspecified atom stereocenters. The van der Waals surface area contributed by atoms with Crippen molar-refractivity contribution in [1.29, 1.82) is 0 Å². The summed E-state index contributed by atoms with van der Waals surface area (Å²) in [6, 6.07) is 4.48. The Labute approximate surface area is 151 Å². The smallest absolute Gasteiger partial charge is 0.241 e. The Morgan fingerprint density at radius 3 is 2.36 bits per heavy atom. The Balaban J connectivity index is 2.20. The van der Waals surface area contributed by atoms with Crippen LogP contribution in [0.3, 0.4) is 0 Å². The average Bonchev–Trinajstić information content (AvgIpc) is 2.62. The fourth-order valence-electron chi connectivity index (χ4n) is 3.34. The molecular weight excluding hydrogens is 340 g/mol. The van der Waals surface area contributed by atoms with E-state index in [1.54, 1.807) is 12.1 Å². The van der Waals surface area contributed by atoms with Crippen LogP contribution < -0.4 is 19.9 Å². The second kappa shape index (κ2) is 9.40. The van der Waals surface area contributed by atoms with Gasteiger partial charge < -0.3 is 15.2 Å². The van der Waals surface area contributed by atoms with Crippen LogP contribution in [0.15, 0.2) is 23.1 Å². The molecule has 25 heavy (non-hydrogen) atoms. The molecule has 1 fully saturated rings. The van der Waals surface area contributed by atoms with Crippen LogP contribution in [0.1, 0.15) is 46.0 Å². The van der Waals surface area contributed by atoms with Crippen LogP contribution in [-0.2, 0) is 10.0 Å². The number of sulfonamides is 1. The normalized spacial score (nSPS) is 17.2. The first-order valence-corrected chi connectivity index (χ1v) is 10.6. The molecule has 3 N–H and O–H groups in total. The van der Waals surface area contributed by atoms with E-state index in [2.05, 4.69) is 4.72 Å². The summed E-state index contributed by atoms with van der Waals surface area (Å²) in [6.07, 6.45) is 5.55. The van der Waals surface area contributed by atoms with Gasteiger partial charge in [0, 0.05) is 18.7 Å². The van der Waals surface area contributed by atoms with Crippen molar-refractivity contribution in [2.75, 3.05) is 19.8 Å². The Kier molecular flexibility index (Phi) is 7.53. The molecule has 1 saturated carbocycles. The minimum atomic E-state index is -3.66. The van der Waals surface area contributed by atoms with Gasteiger partial charge >= 0.3 is 0 Å². The predicted molar refractivity (Wildman–Crippen MR) is 98.5 cm³/mol. The lowest BCUT2D eigenvalue weighted by molar-refractivity contribution is 0.286. The molecule has 0 bridgehead atoms. The van der Waals surface area contributed by atoms with E-state index < -0.39 is 10.0 Å². The molecule has 0 heterocycles. The zero-order chi connectivity index (χ0) is 18.3. The van der Waals surface area contributed by atoms with Crippen LogP contribution in [0.25, 0.3) is 0 Å². The molecule has 0 radical (unpaired) electrons. The molecule has 142 valence electrons. The van der Waals surface area contributed by atoms with Gasteiger partial charge in [-0.05, 0) is 44.7 Å².